The molecule has 2 amide bonds. The molecule has 1 fully saturated rings. The Balaban J connectivity index is 1.54. The van der Waals surface area contributed by atoms with Gasteiger partial charge in [-0.2, -0.15) is 0 Å². The summed E-state index contributed by atoms with van der Waals surface area (Å²) in [6.07, 6.45) is 0.0989. The Labute approximate surface area is 212 Å². The van der Waals surface area contributed by atoms with Gasteiger partial charge in [0.15, 0.2) is 5.75 Å². The summed E-state index contributed by atoms with van der Waals surface area (Å²) in [5, 5.41) is 10.8. The number of carboxylic acid groups (broad SMARTS) is 1. The molecule has 194 valence electrons. The van der Waals surface area contributed by atoms with E-state index in [1.807, 2.05) is 66.0 Å². The average Bonchev–Trinajstić information content (AvgIpc) is 2.87. The molecule has 3 atom stereocenters. The van der Waals surface area contributed by atoms with Crippen LogP contribution < -0.4 is 15.5 Å². The van der Waals surface area contributed by atoms with Crippen LogP contribution in [0.3, 0.4) is 0 Å². The van der Waals surface area contributed by atoms with Crippen LogP contribution in [0.4, 0.5) is 4.79 Å². The summed E-state index contributed by atoms with van der Waals surface area (Å²) >= 11 is 0. The number of rotatable bonds is 10. The number of hydrogen-bond acceptors (Lipinski definition) is 6. The van der Waals surface area contributed by atoms with E-state index in [1.54, 1.807) is 4.57 Å². The number of carbonyl (C=O) groups is 2. The van der Waals surface area contributed by atoms with Gasteiger partial charge in [0.2, 0.25) is 5.43 Å². The molecule has 3 N–H and O–H groups in total. The van der Waals surface area contributed by atoms with Crippen molar-refractivity contribution < 1.29 is 33.4 Å². The van der Waals surface area contributed by atoms with Gasteiger partial charge in [-0.25, -0.2) is 14.0 Å². The van der Waals surface area contributed by atoms with E-state index >= 15 is 0 Å². The van der Waals surface area contributed by atoms with E-state index < -0.39 is 43.9 Å². The fourth-order valence-electron chi connectivity index (χ4n) is 3.98. The number of nitrogens with zero attached hydrogens (tertiary/aromatic N) is 2. The topological polar surface area (TPSA) is 147 Å². The minimum Gasteiger partial charge on any atom is -0.483 e. The second-order valence-corrected chi connectivity index (χ2v) is 10.2. The van der Waals surface area contributed by atoms with Crippen molar-refractivity contribution in [3.05, 3.63) is 100.0 Å². The van der Waals surface area contributed by atoms with E-state index in [4.69, 9.17) is 14.4 Å². The van der Waals surface area contributed by atoms with Crippen LogP contribution >= 0.6 is 7.75 Å². The predicted octanol–water partition coefficient (Wildman–Crippen LogP) is 2.96. The molecule has 12 heteroatoms. The smallest absolute Gasteiger partial charge is 0.435 e. The first-order valence-electron chi connectivity index (χ1n) is 11.4. The molecular weight excluding hydrogens is 501 g/mol. The first-order valence-corrected chi connectivity index (χ1v) is 12.9. The van der Waals surface area contributed by atoms with Crippen molar-refractivity contribution in [1.29, 1.82) is 0 Å². The molecule has 1 aromatic heterocycles. The second-order valence-electron chi connectivity index (χ2n) is 8.50. The summed E-state index contributed by atoms with van der Waals surface area (Å²) in [5.41, 5.74) is 1.64. The second kappa shape index (κ2) is 11.0. The molecule has 1 saturated heterocycles. The molecule has 2 heterocycles. The van der Waals surface area contributed by atoms with Gasteiger partial charge < -0.3 is 24.6 Å². The molecule has 0 radical (unpaired) electrons. The Bertz CT molecular complexity index is 1380. The maximum atomic E-state index is 12.9. The number of nitrogens with one attached hydrogen (secondary N) is 1. The number of β-lactam (4-membered cyclic amide) rings is 1. The average molecular weight is 527 g/mol. The van der Waals surface area contributed by atoms with Crippen molar-refractivity contribution in [3.8, 4) is 5.75 Å². The van der Waals surface area contributed by atoms with E-state index in [-0.39, 0.29) is 18.1 Å². The van der Waals surface area contributed by atoms with Crippen LogP contribution in [-0.2, 0) is 33.6 Å². The Morgan fingerprint density at radius 3 is 2.24 bits per heavy atom. The van der Waals surface area contributed by atoms with Crippen LogP contribution in [0.5, 0.6) is 5.75 Å². The van der Waals surface area contributed by atoms with Gasteiger partial charge in [0, 0.05) is 18.3 Å². The van der Waals surface area contributed by atoms with Gasteiger partial charge in [-0.05, 0) is 18.1 Å². The number of hydrogen-bond donors (Lipinski definition) is 3. The molecule has 1 aliphatic heterocycles. The fraction of sp³-hybridized carbons (Fsp3) is 0.240. The number of aromatic nitrogens is 1. The van der Waals surface area contributed by atoms with E-state index in [2.05, 4.69) is 0 Å². The molecular formula is C25H26N3O8P. The number of pyridine rings is 1. The molecule has 0 bridgehead atoms. The SMILES string of the molecule is C[C@H]1[C@H](NC(=O)O)C(=O)N1P(=O)(O)OCc1cc(=O)c(OCc2ccccc2)cn1Cc1ccccc1. The third kappa shape index (κ3) is 6.08. The summed E-state index contributed by atoms with van der Waals surface area (Å²) in [7, 11) is -4.63. The highest BCUT2D eigenvalue weighted by molar-refractivity contribution is 7.51. The zero-order valence-electron chi connectivity index (χ0n) is 19.9. The molecule has 3 aromatic rings. The largest absolute Gasteiger partial charge is 0.483 e. The first kappa shape index (κ1) is 26.2. The molecule has 2 aromatic carbocycles. The molecule has 0 saturated carbocycles. The van der Waals surface area contributed by atoms with Crippen molar-refractivity contribution in [1.82, 2.24) is 14.6 Å². The van der Waals surface area contributed by atoms with Gasteiger partial charge in [0.05, 0.1) is 18.8 Å². The van der Waals surface area contributed by atoms with E-state index in [1.165, 1.54) is 19.2 Å². The number of carbonyl (C=O) groups excluding carboxylic acids is 1. The summed E-state index contributed by atoms with van der Waals surface area (Å²) in [6.45, 7) is 1.48. The van der Waals surface area contributed by atoms with Gasteiger partial charge >= 0.3 is 13.8 Å². The fourth-order valence-corrected chi connectivity index (χ4v) is 5.37. The quantitative estimate of drug-likeness (QED) is 0.269. The van der Waals surface area contributed by atoms with Crippen LogP contribution in [0, 0.1) is 0 Å². The van der Waals surface area contributed by atoms with Crippen molar-refractivity contribution >= 4 is 19.7 Å². The van der Waals surface area contributed by atoms with Gasteiger partial charge in [-0.3, -0.25) is 14.1 Å². The highest BCUT2D eigenvalue weighted by Crippen LogP contribution is 2.53. The Morgan fingerprint density at radius 2 is 1.65 bits per heavy atom. The maximum absolute atomic E-state index is 12.9. The lowest BCUT2D eigenvalue weighted by molar-refractivity contribution is -0.143. The van der Waals surface area contributed by atoms with Crippen molar-refractivity contribution in [2.24, 2.45) is 0 Å². The highest BCUT2D eigenvalue weighted by atomic mass is 31.2. The van der Waals surface area contributed by atoms with Crippen LogP contribution in [0.2, 0.25) is 0 Å². The van der Waals surface area contributed by atoms with Gasteiger partial charge in [-0.15, -0.1) is 0 Å². The van der Waals surface area contributed by atoms with E-state index in [9.17, 15) is 23.8 Å². The van der Waals surface area contributed by atoms with Crippen molar-refractivity contribution in [2.75, 3.05) is 0 Å². The normalized spacial score (nSPS) is 18.5. The van der Waals surface area contributed by atoms with Gasteiger partial charge in [-0.1, -0.05) is 60.7 Å². The molecule has 11 nitrogen and oxygen atoms in total. The van der Waals surface area contributed by atoms with Crippen LogP contribution in [0.25, 0.3) is 0 Å². The van der Waals surface area contributed by atoms with Gasteiger partial charge in [0.1, 0.15) is 12.6 Å². The van der Waals surface area contributed by atoms with Crippen LogP contribution in [0.15, 0.2) is 77.7 Å². The summed E-state index contributed by atoms with van der Waals surface area (Å²) in [6, 6.07) is 18.0. The summed E-state index contributed by atoms with van der Waals surface area (Å²) in [4.78, 5) is 46.4. The monoisotopic (exact) mass is 527 g/mol. The number of amides is 2. The highest BCUT2D eigenvalue weighted by Gasteiger charge is 2.54. The van der Waals surface area contributed by atoms with Crippen LogP contribution in [0.1, 0.15) is 23.7 Å². The van der Waals surface area contributed by atoms with Gasteiger partial charge in [0.25, 0.3) is 5.91 Å². The third-order valence-electron chi connectivity index (χ3n) is 5.91. The lowest BCUT2D eigenvalue weighted by atomic mass is 10.0. The predicted molar refractivity (Wildman–Crippen MR) is 133 cm³/mol. The van der Waals surface area contributed by atoms with E-state index in [0.29, 0.717) is 11.2 Å². The molecule has 1 aliphatic rings. The maximum Gasteiger partial charge on any atom is 0.435 e. The number of ether oxygens (including phenoxy) is 1. The Hall–Kier alpha value is -3.92. The Kier molecular flexibility index (Phi) is 7.77. The van der Waals surface area contributed by atoms with E-state index in [0.717, 1.165) is 11.1 Å². The zero-order chi connectivity index (χ0) is 26.6. The molecule has 37 heavy (non-hydrogen) atoms. The Morgan fingerprint density at radius 1 is 1.03 bits per heavy atom. The lowest BCUT2D eigenvalue weighted by Crippen LogP contribution is -2.68. The first-order chi connectivity index (χ1) is 17.7. The minimum absolute atomic E-state index is 0.102. The van der Waals surface area contributed by atoms with Crippen LogP contribution in [-0.4, -0.2) is 43.3 Å². The van der Waals surface area contributed by atoms with Crippen molar-refractivity contribution in [3.63, 3.8) is 0 Å². The molecule has 4 rings (SSSR count). The zero-order valence-corrected chi connectivity index (χ0v) is 20.8. The molecule has 1 unspecified atom stereocenters. The number of benzene rings is 2. The minimum atomic E-state index is -4.63. The lowest BCUT2D eigenvalue weighted by Gasteiger charge is -2.45. The molecule has 0 spiro atoms. The summed E-state index contributed by atoms with van der Waals surface area (Å²) < 4.78 is 26.2. The van der Waals surface area contributed by atoms with Crippen molar-refractivity contribution in [2.45, 2.75) is 38.8 Å². The summed E-state index contributed by atoms with van der Waals surface area (Å²) in [5.74, 6) is -0.767. The molecule has 0 aliphatic carbocycles. The standard InChI is InChI=1S/C25H26N3O8P/c1-17-23(26-25(31)32)24(30)28(17)37(33,34)36-16-20-12-21(29)22(35-15-19-10-6-3-7-11-19)14-27(20)13-18-8-4-2-5-9-18/h2-12,14,17,23,26H,13,15-16H2,1H3,(H,31,32)(H,33,34)/t17-,23-/m0/s1. The third-order valence-corrected chi connectivity index (χ3v) is 7.48.